The summed E-state index contributed by atoms with van der Waals surface area (Å²) >= 11 is 0. The fraction of sp³-hybridized carbons (Fsp3) is 0.714. The van der Waals surface area contributed by atoms with Gasteiger partial charge < -0.3 is 24.1 Å². The van der Waals surface area contributed by atoms with Gasteiger partial charge in [0.2, 0.25) is 0 Å². The van der Waals surface area contributed by atoms with Crippen LogP contribution in [0.15, 0.2) is 15.5 Å². The predicted octanol–water partition coefficient (Wildman–Crippen LogP) is 3.41. The average Bonchev–Trinajstić information content (AvgIpc) is 2.80. The summed E-state index contributed by atoms with van der Waals surface area (Å²) in [5, 5.41) is 10.6. The van der Waals surface area contributed by atoms with Crippen LogP contribution in [0, 0.1) is 0 Å². The fourth-order valence-electron chi connectivity index (χ4n) is 1.83. The van der Waals surface area contributed by atoms with E-state index in [1.165, 1.54) is 6.92 Å². The molecule has 0 aliphatic rings. The van der Waals surface area contributed by atoms with Crippen LogP contribution in [0.4, 0.5) is 0 Å². The summed E-state index contributed by atoms with van der Waals surface area (Å²) in [4.78, 5) is 49.4. The third-order valence-electron chi connectivity index (χ3n) is 3.68. The molecule has 0 spiro atoms. The lowest BCUT2D eigenvalue weighted by molar-refractivity contribution is -0.106. The summed E-state index contributed by atoms with van der Waals surface area (Å²) in [5.74, 6) is 4.88. The van der Waals surface area contributed by atoms with Gasteiger partial charge in [-0.3, -0.25) is 9.59 Å². The van der Waals surface area contributed by atoms with Crippen LogP contribution in [0.1, 0.15) is 72.1 Å². The zero-order chi connectivity index (χ0) is 26.5. The van der Waals surface area contributed by atoms with Crippen molar-refractivity contribution < 1.29 is 33.7 Å². The third kappa shape index (κ3) is 34.8. The van der Waals surface area contributed by atoms with Crippen molar-refractivity contribution in [2.45, 2.75) is 72.1 Å². The van der Waals surface area contributed by atoms with E-state index in [2.05, 4.69) is 36.3 Å². The minimum absolute atomic E-state index is 0.143. The molecule has 0 radical (unpaired) electrons. The van der Waals surface area contributed by atoms with Crippen molar-refractivity contribution in [1.82, 2.24) is 0 Å². The molecule has 0 aromatic rings. The molecular formula is C21H42N4O7P2. The van der Waals surface area contributed by atoms with Crippen molar-refractivity contribution in [3.63, 3.8) is 0 Å². The lowest BCUT2D eigenvalue weighted by Gasteiger charge is -2.01. The minimum atomic E-state index is -0.144. The van der Waals surface area contributed by atoms with Crippen molar-refractivity contribution in [3.8, 4) is 0 Å². The van der Waals surface area contributed by atoms with Gasteiger partial charge in [-0.25, -0.2) is 5.90 Å². The van der Waals surface area contributed by atoms with Crippen LogP contribution in [0.5, 0.6) is 0 Å². The first kappa shape index (κ1) is 36.8. The second-order valence-corrected chi connectivity index (χ2v) is 7.69. The van der Waals surface area contributed by atoms with E-state index in [4.69, 9.17) is 25.2 Å². The molecular weight excluding hydrogens is 482 g/mol. The Hall–Kier alpha value is -1.80. The summed E-state index contributed by atoms with van der Waals surface area (Å²) in [6.45, 7) is 10.2. The second-order valence-electron chi connectivity index (χ2n) is 6.65. The molecule has 0 amide bonds. The first-order valence-corrected chi connectivity index (χ1v) is 12.2. The van der Waals surface area contributed by atoms with Crippen LogP contribution in [-0.2, 0) is 33.7 Å². The quantitative estimate of drug-likeness (QED) is 0.0887. The van der Waals surface area contributed by atoms with E-state index < -0.39 is 0 Å². The summed E-state index contributed by atoms with van der Waals surface area (Å²) in [5.41, 5.74) is 0.455. The predicted molar refractivity (Wildman–Crippen MR) is 142 cm³/mol. The first-order valence-electron chi connectivity index (χ1n) is 11.0. The van der Waals surface area contributed by atoms with Gasteiger partial charge in [0.15, 0.2) is 11.0 Å². The van der Waals surface area contributed by atoms with Crippen LogP contribution >= 0.6 is 18.5 Å². The number of hydrogen-bond donors (Lipinski definition) is 1. The maximum absolute atomic E-state index is 10.7. The minimum Gasteiger partial charge on any atom is -0.396 e. The number of carbonyl (C=O) groups excluding carboxylic acids is 3. The summed E-state index contributed by atoms with van der Waals surface area (Å²) in [6.07, 6.45) is 8.73. The van der Waals surface area contributed by atoms with E-state index in [0.717, 1.165) is 57.7 Å². The number of hydrogen-bond acceptors (Lipinski definition) is 11. The summed E-state index contributed by atoms with van der Waals surface area (Å²) in [7, 11) is 4.10. The highest BCUT2D eigenvalue weighted by atomic mass is 31.0. The maximum atomic E-state index is 10.7. The Morgan fingerprint density at radius 1 is 0.765 bits per heavy atom. The van der Waals surface area contributed by atoms with Crippen molar-refractivity contribution in [1.29, 1.82) is 0 Å². The first-order chi connectivity index (χ1) is 16.3. The number of carbonyl (C=O) groups is 3. The van der Waals surface area contributed by atoms with Crippen LogP contribution in [0.3, 0.4) is 0 Å². The maximum Gasteiger partial charge on any atom is 0.195 e. The molecule has 0 fully saturated rings. The Balaban J connectivity index is -0.000000507. The van der Waals surface area contributed by atoms with Crippen LogP contribution < -0.4 is 5.90 Å². The van der Waals surface area contributed by atoms with E-state index in [1.807, 2.05) is 9.24 Å². The second kappa shape index (κ2) is 31.2. The van der Waals surface area contributed by atoms with Crippen LogP contribution in [0.25, 0.3) is 0 Å². The van der Waals surface area contributed by atoms with E-state index in [1.54, 1.807) is 13.8 Å². The van der Waals surface area contributed by atoms with E-state index in [9.17, 15) is 9.59 Å². The van der Waals surface area contributed by atoms with Gasteiger partial charge in [-0.1, -0.05) is 35.2 Å². The van der Waals surface area contributed by atoms with Crippen molar-refractivity contribution in [3.05, 3.63) is 0 Å². The molecule has 2 unspecified atom stereocenters. The molecule has 0 saturated heterocycles. The average molecular weight is 525 g/mol. The van der Waals surface area contributed by atoms with Crippen LogP contribution in [0.2, 0.25) is 0 Å². The van der Waals surface area contributed by atoms with Gasteiger partial charge in [0.1, 0.15) is 37.5 Å². The Bertz CT molecular complexity index is 591. The van der Waals surface area contributed by atoms with E-state index in [0.29, 0.717) is 37.9 Å². The van der Waals surface area contributed by atoms with E-state index in [-0.39, 0.29) is 11.0 Å². The number of rotatable bonds is 19. The van der Waals surface area contributed by atoms with Gasteiger partial charge in [-0.15, -0.1) is 5.16 Å². The smallest absolute Gasteiger partial charge is 0.195 e. The molecule has 0 aromatic carbocycles. The highest BCUT2D eigenvalue weighted by Gasteiger charge is 1.98. The van der Waals surface area contributed by atoms with Crippen molar-refractivity contribution in [2.75, 3.05) is 26.4 Å². The number of aldehydes is 1. The van der Waals surface area contributed by atoms with Gasteiger partial charge in [-0.05, 0) is 65.7 Å². The number of unbranched alkanes of at least 4 members (excludes halogenated alkanes) is 6. The standard InChI is InChI=1S/C10H19N2O3P.C9H19N2O3P.C2H4O/c1-9(10(13)16)12-15-8-6-4-3-5-7-14-11-2;1-8(9(12)15)11-14-7-5-3-2-4-6-13-10;1-2-3/h2-8,16H2,1H3;2-7,10,15H2,1H3;2H,1H3/b12-9-;11-8-;. The number of oxime groups is 3. The van der Waals surface area contributed by atoms with Gasteiger partial charge in [0.05, 0.1) is 6.61 Å². The zero-order valence-electron chi connectivity index (χ0n) is 20.7. The van der Waals surface area contributed by atoms with Crippen LogP contribution in [-0.4, -0.2) is 61.9 Å². The Morgan fingerprint density at radius 2 is 1.09 bits per heavy atom. The van der Waals surface area contributed by atoms with E-state index >= 15 is 0 Å². The molecule has 0 aliphatic heterocycles. The lowest BCUT2D eigenvalue weighted by atomic mass is 10.2. The zero-order valence-corrected chi connectivity index (χ0v) is 23.0. The van der Waals surface area contributed by atoms with Gasteiger partial charge in [0, 0.05) is 6.72 Å². The topological polar surface area (TPSA) is 151 Å². The third-order valence-corrected chi connectivity index (χ3v) is 4.51. The lowest BCUT2D eigenvalue weighted by Crippen LogP contribution is -2.02. The summed E-state index contributed by atoms with van der Waals surface area (Å²) < 4.78 is 0. The molecule has 0 aromatic heterocycles. The molecule has 0 bridgehead atoms. The molecule has 2 N–H and O–H groups in total. The Kier molecular flexibility index (Phi) is 33.7. The fourth-order valence-corrected chi connectivity index (χ4v) is 1.94. The van der Waals surface area contributed by atoms with Crippen molar-refractivity contribution in [2.24, 2.45) is 21.4 Å². The van der Waals surface area contributed by atoms with Crippen molar-refractivity contribution >= 4 is 54.0 Å². The molecule has 11 nitrogen and oxygen atoms in total. The Labute approximate surface area is 207 Å². The molecule has 0 rings (SSSR count). The molecule has 2 atom stereocenters. The summed E-state index contributed by atoms with van der Waals surface area (Å²) in [6, 6.07) is 0. The molecule has 0 heterocycles. The largest absolute Gasteiger partial charge is 0.396 e. The highest BCUT2D eigenvalue weighted by molar-refractivity contribution is 7.45. The molecule has 0 aliphatic carbocycles. The molecule has 13 heteroatoms. The highest BCUT2D eigenvalue weighted by Crippen LogP contribution is 2.02. The number of nitrogens with two attached hydrogens (primary N) is 1. The molecule has 198 valence electrons. The monoisotopic (exact) mass is 524 g/mol. The van der Waals surface area contributed by atoms with Gasteiger partial charge >= 0.3 is 0 Å². The van der Waals surface area contributed by atoms with Gasteiger partial charge in [-0.2, -0.15) is 0 Å². The molecule has 34 heavy (non-hydrogen) atoms. The molecule has 0 saturated carbocycles. The Morgan fingerprint density at radius 3 is 1.38 bits per heavy atom. The SMILES string of the molecule is C/C(=N/OCCCCCCON)C(=O)P.C=NOCCCCCCO/N=C(/C)C(=O)P.CC=O. The normalized spacial score (nSPS) is 10.6. The van der Waals surface area contributed by atoms with Gasteiger partial charge in [0.25, 0.3) is 0 Å². The number of nitrogens with zero attached hydrogens (tertiary/aromatic N) is 3.